The third-order valence-electron chi connectivity index (χ3n) is 4.54. The first-order valence-electron chi connectivity index (χ1n) is 9.14. The smallest absolute Gasteiger partial charge is 0.238 e. The summed E-state index contributed by atoms with van der Waals surface area (Å²) in [4.78, 5) is 16.7. The van der Waals surface area contributed by atoms with Crippen LogP contribution in [0, 0.1) is 0 Å². The van der Waals surface area contributed by atoms with Gasteiger partial charge in [0.1, 0.15) is 0 Å². The lowest BCUT2D eigenvalue weighted by atomic mass is 10.1. The number of primary sulfonamides is 1. The molecule has 0 unspecified atom stereocenters. The van der Waals surface area contributed by atoms with Gasteiger partial charge < -0.3 is 10.3 Å². The summed E-state index contributed by atoms with van der Waals surface area (Å²) in [6.07, 6.45) is 7.35. The van der Waals surface area contributed by atoms with E-state index in [2.05, 4.69) is 32.2 Å². The van der Waals surface area contributed by atoms with Crippen LogP contribution < -0.4 is 10.5 Å². The number of benzene rings is 1. The Hall–Kier alpha value is -3.30. The lowest BCUT2D eigenvalue weighted by Gasteiger charge is -2.07. The van der Waals surface area contributed by atoms with Crippen LogP contribution in [0.15, 0.2) is 59.9 Å². The van der Waals surface area contributed by atoms with Gasteiger partial charge in [-0.3, -0.25) is 4.98 Å². The molecule has 4 rings (SSSR count). The second-order valence-corrected chi connectivity index (χ2v) is 8.15. The van der Waals surface area contributed by atoms with E-state index in [4.69, 9.17) is 5.14 Å². The maximum absolute atomic E-state index is 11.4. The van der Waals surface area contributed by atoms with Crippen molar-refractivity contribution in [2.75, 3.05) is 5.32 Å². The number of hydrogen-bond donors (Lipinski definition) is 3. The molecule has 148 valence electrons. The number of aromatic amines is 1. The summed E-state index contributed by atoms with van der Waals surface area (Å²) in [6.45, 7) is 2.13. The zero-order chi connectivity index (χ0) is 20.4. The van der Waals surface area contributed by atoms with E-state index in [1.54, 1.807) is 18.3 Å². The molecule has 0 aliphatic rings. The van der Waals surface area contributed by atoms with E-state index in [1.165, 1.54) is 12.1 Å². The number of nitrogens with one attached hydrogen (secondary N) is 2. The highest BCUT2D eigenvalue weighted by Crippen LogP contribution is 2.29. The van der Waals surface area contributed by atoms with Crippen molar-refractivity contribution in [1.82, 2.24) is 19.9 Å². The molecule has 4 N–H and O–H groups in total. The van der Waals surface area contributed by atoms with Crippen LogP contribution in [0.3, 0.4) is 0 Å². The standard InChI is InChI=1S/C20H20N6O2S/c1-2-3-18-19-15(8-10-22-18)16(12-24-19)17-9-11-23-20(26-17)25-13-4-6-14(7-5-13)29(21,27)28/h4-12,24H,2-3H2,1H3,(H2,21,27,28)(H,23,25,26). The molecule has 0 amide bonds. The van der Waals surface area contributed by atoms with Gasteiger partial charge in [-0.2, -0.15) is 0 Å². The lowest BCUT2D eigenvalue weighted by Crippen LogP contribution is -2.11. The van der Waals surface area contributed by atoms with Gasteiger partial charge in [0.25, 0.3) is 0 Å². The molecule has 0 aliphatic carbocycles. The minimum absolute atomic E-state index is 0.0491. The van der Waals surface area contributed by atoms with Crippen LogP contribution in [0.2, 0.25) is 0 Å². The van der Waals surface area contributed by atoms with Gasteiger partial charge in [-0.1, -0.05) is 13.3 Å². The van der Waals surface area contributed by atoms with Crippen LogP contribution in [0.5, 0.6) is 0 Å². The average molecular weight is 408 g/mol. The number of aryl methyl sites for hydroxylation is 1. The van der Waals surface area contributed by atoms with E-state index >= 15 is 0 Å². The van der Waals surface area contributed by atoms with Gasteiger partial charge in [0.15, 0.2) is 0 Å². The minimum atomic E-state index is -3.73. The third-order valence-corrected chi connectivity index (χ3v) is 5.47. The molecule has 0 atom stereocenters. The molecule has 3 heterocycles. The predicted molar refractivity (Wildman–Crippen MR) is 112 cm³/mol. The molecule has 1 aromatic carbocycles. The summed E-state index contributed by atoms with van der Waals surface area (Å²) in [5.74, 6) is 0.406. The Morgan fingerprint density at radius 2 is 1.83 bits per heavy atom. The Kier molecular flexibility index (Phi) is 4.99. The van der Waals surface area contributed by atoms with Gasteiger partial charge in [0, 0.05) is 35.2 Å². The number of pyridine rings is 1. The van der Waals surface area contributed by atoms with Crippen molar-refractivity contribution in [2.45, 2.75) is 24.7 Å². The van der Waals surface area contributed by atoms with E-state index in [9.17, 15) is 8.42 Å². The fourth-order valence-electron chi connectivity index (χ4n) is 3.18. The Labute approximate surface area is 168 Å². The van der Waals surface area contributed by atoms with E-state index in [-0.39, 0.29) is 4.90 Å². The van der Waals surface area contributed by atoms with Crippen molar-refractivity contribution in [3.05, 3.63) is 60.7 Å². The van der Waals surface area contributed by atoms with Gasteiger partial charge >= 0.3 is 0 Å². The molecule has 3 aromatic heterocycles. The predicted octanol–water partition coefficient (Wildman–Crippen LogP) is 3.36. The number of sulfonamides is 1. The third kappa shape index (κ3) is 3.96. The number of hydrogen-bond acceptors (Lipinski definition) is 6. The molecule has 0 fully saturated rings. The number of aromatic nitrogens is 4. The quantitative estimate of drug-likeness (QED) is 0.449. The second-order valence-electron chi connectivity index (χ2n) is 6.59. The molecule has 0 aliphatic heterocycles. The summed E-state index contributed by atoms with van der Waals surface area (Å²) in [5.41, 5.74) is 4.45. The number of nitrogens with zero attached hydrogens (tertiary/aromatic N) is 3. The van der Waals surface area contributed by atoms with E-state index in [0.29, 0.717) is 11.6 Å². The maximum Gasteiger partial charge on any atom is 0.238 e. The van der Waals surface area contributed by atoms with Gasteiger partial charge in [-0.05, 0) is 42.8 Å². The van der Waals surface area contributed by atoms with Crippen molar-refractivity contribution in [3.63, 3.8) is 0 Å². The van der Waals surface area contributed by atoms with Crippen molar-refractivity contribution < 1.29 is 8.42 Å². The summed E-state index contributed by atoms with van der Waals surface area (Å²) in [7, 11) is -3.73. The van der Waals surface area contributed by atoms with Crippen molar-refractivity contribution >= 4 is 32.6 Å². The van der Waals surface area contributed by atoms with Crippen LogP contribution in [0.4, 0.5) is 11.6 Å². The van der Waals surface area contributed by atoms with E-state index in [0.717, 1.165) is 40.7 Å². The number of fused-ring (bicyclic) bond motifs is 1. The molecule has 8 nitrogen and oxygen atoms in total. The summed E-state index contributed by atoms with van der Waals surface area (Å²) < 4.78 is 22.8. The topological polar surface area (TPSA) is 127 Å². The molecular formula is C20H20N6O2S. The van der Waals surface area contributed by atoms with E-state index in [1.807, 2.05) is 24.5 Å². The molecule has 0 saturated heterocycles. The Bertz CT molecular complexity index is 1270. The molecule has 0 saturated carbocycles. The first-order valence-corrected chi connectivity index (χ1v) is 10.7. The summed E-state index contributed by atoms with van der Waals surface area (Å²) in [6, 6.07) is 9.92. The molecule has 29 heavy (non-hydrogen) atoms. The summed E-state index contributed by atoms with van der Waals surface area (Å²) >= 11 is 0. The van der Waals surface area contributed by atoms with Crippen LogP contribution in [0.1, 0.15) is 19.0 Å². The van der Waals surface area contributed by atoms with Gasteiger partial charge in [0.2, 0.25) is 16.0 Å². The molecule has 0 bridgehead atoms. The first-order chi connectivity index (χ1) is 14.0. The molecule has 4 aromatic rings. The highest BCUT2D eigenvalue weighted by Gasteiger charge is 2.12. The zero-order valence-corrected chi connectivity index (χ0v) is 16.6. The highest BCUT2D eigenvalue weighted by molar-refractivity contribution is 7.89. The molecular weight excluding hydrogens is 388 g/mol. The normalized spacial score (nSPS) is 11.7. The fraction of sp³-hybridized carbons (Fsp3) is 0.150. The lowest BCUT2D eigenvalue weighted by molar-refractivity contribution is 0.598. The molecule has 9 heteroatoms. The van der Waals surface area contributed by atoms with E-state index < -0.39 is 10.0 Å². The molecule has 0 radical (unpaired) electrons. The highest BCUT2D eigenvalue weighted by atomic mass is 32.2. The average Bonchev–Trinajstić information content (AvgIpc) is 3.13. The Morgan fingerprint density at radius 1 is 1.07 bits per heavy atom. The monoisotopic (exact) mass is 408 g/mol. The van der Waals surface area contributed by atoms with Crippen LogP contribution in [-0.4, -0.2) is 28.4 Å². The van der Waals surface area contributed by atoms with Crippen LogP contribution >= 0.6 is 0 Å². The van der Waals surface area contributed by atoms with Gasteiger partial charge in [-0.15, -0.1) is 0 Å². The van der Waals surface area contributed by atoms with Gasteiger partial charge in [0.05, 0.1) is 21.8 Å². The van der Waals surface area contributed by atoms with Crippen molar-refractivity contribution in [3.8, 4) is 11.3 Å². The van der Waals surface area contributed by atoms with Gasteiger partial charge in [-0.25, -0.2) is 23.5 Å². The largest absolute Gasteiger partial charge is 0.359 e. The summed E-state index contributed by atoms with van der Waals surface area (Å²) in [5, 5.41) is 9.27. The molecule has 0 spiro atoms. The number of rotatable bonds is 6. The maximum atomic E-state index is 11.4. The minimum Gasteiger partial charge on any atom is -0.359 e. The number of H-pyrrole nitrogens is 1. The fourth-order valence-corrected chi connectivity index (χ4v) is 3.69. The van der Waals surface area contributed by atoms with Crippen LogP contribution in [0.25, 0.3) is 22.2 Å². The Morgan fingerprint density at radius 3 is 2.55 bits per heavy atom. The van der Waals surface area contributed by atoms with Crippen molar-refractivity contribution in [2.24, 2.45) is 5.14 Å². The second kappa shape index (κ2) is 7.61. The number of nitrogens with two attached hydrogens (primary N) is 1. The number of anilines is 2. The zero-order valence-electron chi connectivity index (χ0n) is 15.8. The van der Waals surface area contributed by atoms with Crippen molar-refractivity contribution in [1.29, 1.82) is 0 Å². The first kappa shape index (κ1) is 19.0. The van der Waals surface area contributed by atoms with Crippen LogP contribution in [-0.2, 0) is 16.4 Å². The SMILES string of the molecule is CCCc1nccc2c(-c3ccnc(Nc4ccc(S(N)(=O)=O)cc4)n3)c[nH]c12. The Balaban J connectivity index is 1.64.